The molecule has 1 amide bonds. The van der Waals surface area contributed by atoms with Gasteiger partial charge in [-0.25, -0.2) is 0 Å². The normalized spacial score (nSPS) is 25.4. The zero-order valence-corrected chi connectivity index (χ0v) is 22.2. The highest BCUT2D eigenvalue weighted by Crippen LogP contribution is 2.53. The lowest BCUT2D eigenvalue weighted by molar-refractivity contribution is -0.304. The fourth-order valence-electron chi connectivity index (χ4n) is 5.99. The maximum absolute atomic E-state index is 13.3. The number of hydrogen-bond donors (Lipinski definition) is 2. The summed E-state index contributed by atoms with van der Waals surface area (Å²) in [5.74, 6) is -2.09. The van der Waals surface area contributed by atoms with Gasteiger partial charge in [0.2, 0.25) is 0 Å². The van der Waals surface area contributed by atoms with E-state index in [1.54, 1.807) is 59.5 Å². The summed E-state index contributed by atoms with van der Waals surface area (Å²) in [7, 11) is 0. The molecular formula is C30H33F3N2O5. The Labute approximate surface area is 231 Å². The molecule has 0 spiro atoms. The summed E-state index contributed by atoms with van der Waals surface area (Å²) < 4.78 is 49.3. The van der Waals surface area contributed by atoms with Gasteiger partial charge < -0.3 is 19.9 Å². The standard InChI is InChI=1S/C30H33F3N2O5/c1-3-16-35-20-29(38)15-8-7-14-28(29,23-12-9-13-24(18-23)39-21(2)36)19-26(35)34-27(37)25(40-30(31,32)33)17-22-10-5-4-6-11-22/h3-6,9-13,17-18,26,38H,1,7-8,14-16,19-20H2,2H3,(H,34,37)/t26-,28-,29?/m0/s1. The summed E-state index contributed by atoms with van der Waals surface area (Å²) >= 11 is 0. The SMILES string of the molecule is C=CCN1CC2(O)CCCC[C@@]2(c2cccc(OC(C)=O)c2)C[C@H]1NC(=O)C(=Cc1ccccc1)OC(F)(F)F. The molecule has 0 aromatic heterocycles. The maximum atomic E-state index is 13.3. The molecule has 7 nitrogen and oxygen atoms in total. The number of nitrogens with zero attached hydrogens (tertiary/aromatic N) is 1. The number of amides is 1. The Kier molecular flexibility index (Phi) is 8.70. The Morgan fingerprint density at radius 2 is 1.88 bits per heavy atom. The van der Waals surface area contributed by atoms with Gasteiger partial charge in [-0.05, 0) is 48.6 Å². The highest BCUT2D eigenvalue weighted by atomic mass is 19.4. The van der Waals surface area contributed by atoms with Gasteiger partial charge in [0.1, 0.15) is 5.75 Å². The summed E-state index contributed by atoms with van der Waals surface area (Å²) in [4.78, 5) is 26.7. The maximum Gasteiger partial charge on any atom is 0.573 e. The minimum Gasteiger partial charge on any atom is -0.427 e. The number of β-amino-alcohol motifs (C(OH)–C–C–N with tert-alkyl or cyclic N) is 1. The van der Waals surface area contributed by atoms with E-state index in [0.29, 0.717) is 24.2 Å². The first kappa shape index (κ1) is 29.4. The number of esters is 1. The van der Waals surface area contributed by atoms with Gasteiger partial charge in [0.25, 0.3) is 5.91 Å². The minimum atomic E-state index is -5.08. The molecule has 40 heavy (non-hydrogen) atoms. The van der Waals surface area contributed by atoms with E-state index in [1.807, 2.05) is 6.07 Å². The molecule has 214 valence electrons. The molecule has 2 fully saturated rings. The van der Waals surface area contributed by atoms with Gasteiger partial charge in [0.05, 0.1) is 11.8 Å². The molecule has 10 heteroatoms. The number of alkyl halides is 3. The number of hydrogen-bond acceptors (Lipinski definition) is 6. The molecule has 2 N–H and O–H groups in total. The van der Waals surface area contributed by atoms with Crippen LogP contribution in [0.4, 0.5) is 13.2 Å². The first-order valence-electron chi connectivity index (χ1n) is 13.1. The van der Waals surface area contributed by atoms with E-state index >= 15 is 0 Å². The van der Waals surface area contributed by atoms with Crippen LogP contribution in [0, 0.1) is 0 Å². The van der Waals surface area contributed by atoms with Crippen LogP contribution < -0.4 is 10.1 Å². The fourth-order valence-corrected chi connectivity index (χ4v) is 5.99. The van der Waals surface area contributed by atoms with E-state index in [2.05, 4.69) is 16.6 Å². The number of benzene rings is 2. The molecule has 2 aromatic carbocycles. The Morgan fingerprint density at radius 1 is 1.15 bits per heavy atom. The van der Waals surface area contributed by atoms with E-state index in [9.17, 15) is 27.9 Å². The number of aliphatic hydroxyl groups is 1. The summed E-state index contributed by atoms with van der Waals surface area (Å²) in [6.07, 6.45) is -0.293. The van der Waals surface area contributed by atoms with Crippen molar-refractivity contribution in [2.75, 3.05) is 13.1 Å². The number of carbonyl (C=O) groups is 2. The van der Waals surface area contributed by atoms with Gasteiger partial charge in [-0.3, -0.25) is 14.5 Å². The predicted molar refractivity (Wildman–Crippen MR) is 143 cm³/mol. The highest BCUT2D eigenvalue weighted by molar-refractivity contribution is 5.96. The summed E-state index contributed by atoms with van der Waals surface area (Å²) in [5.41, 5.74) is -0.956. The zero-order valence-electron chi connectivity index (χ0n) is 22.2. The molecule has 2 aliphatic rings. The molecule has 1 saturated heterocycles. The second-order valence-electron chi connectivity index (χ2n) is 10.3. The third-order valence-electron chi connectivity index (χ3n) is 7.64. The Balaban J connectivity index is 1.71. The first-order valence-corrected chi connectivity index (χ1v) is 13.1. The van der Waals surface area contributed by atoms with Crippen molar-refractivity contribution in [3.8, 4) is 5.75 Å². The number of nitrogens with one attached hydrogen (secondary N) is 1. The Morgan fingerprint density at radius 3 is 2.55 bits per heavy atom. The number of piperidine rings is 1. The van der Waals surface area contributed by atoms with Gasteiger partial charge >= 0.3 is 12.3 Å². The lowest BCUT2D eigenvalue weighted by Gasteiger charge is -2.59. The number of fused-ring (bicyclic) bond motifs is 1. The topological polar surface area (TPSA) is 88.1 Å². The van der Waals surface area contributed by atoms with Crippen molar-refractivity contribution in [2.24, 2.45) is 0 Å². The minimum absolute atomic E-state index is 0.152. The lowest BCUT2D eigenvalue weighted by Crippen LogP contribution is -2.69. The van der Waals surface area contributed by atoms with Crippen molar-refractivity contribution in [2.45, 2.75) is 62.6 Å². The van der Waals surface area contributed by atoms with Crippen molar-refractivity contribution in [3.63, 3.8) is 0 Å². The average Bonchev–Trinajstić information content (AvgIpc) is 2.88. The number of ether oxygens (including phenoxy) is 2. The third-order valence-corrected chi connectivity index (χ3v) is 7.64. The molecular weight excluding hydrogens is 525 g/mol. The summed E-state index contributed by atoms with van der Waals surface area (Å²) in [6.45, 7) is 5.52. The van der Waals surface area contributed by atoms with Gasteiger partial charge in [-0.15, -0.1) is 19.8 Å². The van der Waals surface area contributed by atoms with Gasteiger partial charge in [0.15, 0.2) is 5.76 Å². The molecule has 1 unspecified atom stereocenters. The van der Waals surface area contributed by atoms with Crippen LogP contribution in [0.25, 0.3) is 6.08 Å². The molecule has 0 radical (unpaired) electrons. The average molecular weight is 559 g/mol. The van der Waals surface area contributed by atoms with E-state index in [4.69, 9.17) is 4.74 Å². The summed E-state index contributed by atoms with van der Waals surface area (Å²) in [6, 6.07) is 15.0. The summed E-state index contributed by atoms with van der Waals surface area (Å²) in [5, 5.41) is 14.8. The Bertz CT molecular complexity index is 1270. The molecule has 1 aliphatic heterocycles. The largest absolute Gasteiger partial charge is 0.573 e. The van der Waals surface area contributed by atoms with Gasteiger partial charge in [0, 0.05) is 25.4 Å². The number of likely N-dealkylation sites (tertiary alicyclic amines) is 1. The quantitative estimate of drug-likeness (QED) is 0.155. The second kappa shape index (κ2) is 11.9. The number of halogens is 3. The van der Waals surface area contributed by atoms with Crippen LogP contribution >= 0.6 is 0 Å². The zero-order chi connectivity index (χ0) is 29.0. The van der Waals surface area contributed by atoms with Crippen molar-refractivity contribution in [1.29, 1.82) is 0 Å². The van der Waals surface area contributed by atoms with Crippen molar-refractivity contribution in [3.05, 3.63) is 84.1 Å². The molecule has 1 aliphatic carbocycles. The van der Waals surface area contributed by atoms with Gasteiger partial charge in [-0.2, -0.15) is 0 Å². The number of carbonyl (C=O) groups excluding carboxylic acids is 2. The van der Waals surface area contributed by atoms with E-state index in [1.165, 1.54) is 6.92 Å². The van der Waals surface area contributed by atoms with E-state index in [-0.39, 0.29) is 19.5 Å². The molecule has 4 rings (SSSR count). The van der Waals surface area contributed by atoms with Crippen LogP contribution in [0.3, 0.4) is 0 Å². The second-order valence-corrected chi connectivity index (χ2v) is 10.3. The van der Waals surface area contributed by atoms with Gasteiger partial charge in [-0.1, -0.05) is 61.4 Å². The predicted octanol–water partition coefficient (Wildman–Crippen LogP) is 5.07. The van der Waals surface area contributed by atoms with Crippen LogP contribution in [0.2, 0.25) is 0 Å². The number of rotatable bonds is 8. The van der Waals surface area contributed by atoms with Crippen molar-refractivity contribution in [1.82, 2.24) is 10.2 Å². The smallest absolute Gasteiger partial charge is 0.427 e. The van der Waals surface area contributed by atoms with Crippen LogP contribution in [0.5, 0.6) is 5.75 Å². The Hall–Kier alpha value is -3.63. The van der Waals surface area contributed by atoms with Crippen LogP contribution in [-0.4, -0.2) is 53.1 Å². The highest BCUT2D eigenvalue weighted by Gasteiger charge is 2.58. The van der Waals surface area contributed by atoms with E-state index in [0.717, 1.165) is 24.5 Å². The molecule has 1 saturated carbocycles. The fraction of sp³-hybridized carbons (Fsp3) is 0.400. The van der Waals surface area contributed by atoms with Crippen LogP contribution in [0.1, 0.15) is 50.2 Å². The van der Waals surface area contributed by atoms with Crippen molar-refractivity contribution >= 4 is 18.0 Å². The van der Waals surface area contributed by atoms with Crippen molar-refractivity contribution < 1.29 is 37.3 Å². The molecule has 1 heterocycles. The van der Waals surface area contributed by atoms with Crippen LogP contribution in [-0.2, 0) is 19.7 Å². The molecule has 2 aromatic rings. The third kappa shape index (κ3) is 6.56. The van der Waals surface area contributed by atoms with Crippen LogP contribution in [0.15, 0.2) is 73.0 Å². The molecule has 3 atom stereocenters. The molecule has 0 bridgehead atoms. The van der Waals surface area contributed by atoms with E-state index < -0.39 is 41.2 Å². The first-order chi connectivity index (χ1) is 18.9. The monoisotopic (exact) mass is 558 g/mol. The lowest BCUT2D eigenvalue weighted by atomic mass is 9.55.